The third-order valence-electron chi connectivity index (χ3n) is 11.8. The van der Waals surface area contributed by atoms with Crippen molar-refractivity contribution >= 4 is 53.9 Å². The molecule has 0 bridgehead atoms. The average molecular weight is 786 g/mol. The van der Waals surface area contributed by atoms with Crippen LogP contribution in [-0.2, 0) is 0 Å². The number of methoxy groups -OCH3 is 5. The van der Waals surface area contributed by atoms with Crippen molar-refractivity contribution in [1.82, 2.24) is 24.9 Å². The summed E-state index contributed by atoms with van der Waals surface area (Å²) in [6.45, 7) is 0. The number of pyridine rings is 5. The van der Waals surface area contributed by atoms with Crippen LogP contribution in [0.2, 0.25) is 0 Å². The fourth-order valence-corrected chi connectivity index (χ4v) is 9.00. The van der Waals surface area contributed by atoms with Gasteiger partial charge in [0.25, 0.3) is 0 Å². The number of rotatable bonds is 10. The Morgan fingerprint density at radius 3 is 0.583 bits per heavy atom. The van der Waals surface area contributed by atoms with Crippen LogP contribution in [0.4, 0.5) is 0 Å². The molecule has 0 aliphatic carbocycles. The molecular formula is C50H35N5O5. The molecule has 6 aromatic carbocycles. The highest BCUT2D eigenvalue weighted by Crippen LogP contribution is 2.57. The summed E-state index contributed by atoms with van der Waals surface area (Å²) in [4.78, 5) is 23.4. The van der Waals surface area contributed by atoms with Gasteiger partial charge in [-0.25, -0.2) is 24.9 Å². The maximum Gasteiger partial charge on any atom is 0.212 e. The number of hydrogen-bond donors (Lipinski definition) is 0. The monoisotopic (exact) mass is 785 g/mol. The Balaban J connectivity index is 1.38. The molecule has 0 N–H and O–H groups in total. The van der Waals surface area contributed by atoms with Crippen LogP contribution < -0.4 is 23.7 Å². The van der Waals surface area contributed by atoms with Gasteiger partial charge in [-0.15, -0.1) is 0 Å². The van der Waals surface area contributed by atoms with Gasteiger partial charge < -0.3 is 23.7 Å². The zero-order chi connectivity index (χ0) is 40.6. The maximum absolute atomic E-state index is 5.50. The Labute approximate surface area is 344 Å². The lowest BCUT2D eigenvalue weighted by atomic mass is 9.86. The van der Waals surface area contributed by atoms with Crippen LogP contribution in [0, 0.1) is 0 Å². The van der Waals surface area contributed by atoms with Crippen LogP contribution in [-0.4, -0.2) is 60.5 Å². The number of benzene rings is 5. The van der Waals surface area contributed by atoms with Gasteiger partial charge in [0.15, 0.2) is 0 Å². The van der Waals surface area contributed by atoms with Crippen LogP contribution in [0.25, 0.3) is 109 Å². The zero-order valence-electron chi connectivity index (χ0n) is 33.3. The Morgan fingerprint density at radius 1 is 0.267 bits per heavy atom. The smallest absolute Gasteiger partial charge is 0.212 e. The number of aromatic nitrogens is 5. The van der Waals surface area contributed by atoms with E-state index in [1.165, 1.54) is 26.9 Å². The molecular weight excluding hydrogens is 751 g/mol. The second-order valence-electron chi connectivity index (χ2n) is 14.7. The lowest BCUT2D eigenvalue weighted by molar-refractivity contribution is 0.398. The van der Waals surface area contributed by atoms with Crippen molar-refractivity contribution in [2.75, 3.05) is 35.5 Å². The predicted octanol–water partition coefficient (Wildman–Crippen LogP) is 11.1. The summed E-state index contributed by atoms with van der Waals surface area (Å²) in [5.41, 5.74) is 10.1. The van der Waals surface area contributed by atoms with Crippen LogP contribution in [0.3, 0.4) is 0 Å². The molecule has 0 radical (unpaired) electrons. The predicted molar refractivity (Wildman–Crippen MR) is 236 cm³/mol. The highest BCUT2D eigenvalue weighted by atomic mass is 16.5. The van der Waals surface area contributed by atoms with E-state index in [2.05, 4.69) is 85.6 Å². The molecule has 0 amide bonds. The summed E-state index contributed by atoms with van der Waals surface area (Å²) in [5.74, 6) is 2.73. The van der Waals surface area contributed by atoms with Crippen LogP contribution in [0.1, 0.15) is 0 Å². The van der Waals surface area contributed by atoms with Gasteiger partial charge in [0.1, 0.15) is 0 Å². The Morgan fingerprint density at radius 2 is 0.450 bits per heavy atom. The Bertz CT molecular complexity index is 2800. The molecule has 10 heteroatoms. The van der Waals surface area contributed by atoms with E-state index >= 15 is 0 Å². The van der Waals surface area contributed by atoms with Crippen molar-refractivity contribution in [3.05, 3.63) is 122 Å². The molecule has 5 aromatic heterocycles. The highest BCUT2D eigenvalue weighted by molar-refractivity contribution is 6.49. The molecule has 0 spiro atoms. The van der Waals surface area contributed by atoms with Crippen molar-refractivity contribution in [2.24, 2.45) is 0 Å². The molecule has 0 saturated heterocycles. The average Bonchev–Trinajstić information content (AvgIpc) is 3.69. The zero-order valence-corrected chi connectivity index (χ0v) is 33.3. The van der Waals surface area contributed by atoms with Gasteiger partial charge in [-0.3, -0.25) is 0 Å². The second-order valence-corrected chi connectivity index (χ2v) is 14.7. The molecule has 290 valence electrons. The molecule has 0 saturated carbocycles. The van der Waals surface area contributed by atoms with Gasteiger partial charge in [0.05, 0.1) is 35.5 Å². The lowest BCUT2D eigenvalue weighted by Gasteiger charge is -2.17. The standard InChI is InChI=1S/C50H35N5O5/c1-56-41-11-6-26(21-51-41)31-16-37-33(28-8-13-43(58-3)53-23-28)18-39-35(30-10-15-45(60-5)55-25-30)20-40-34(29-9-14-44(59-4)54-24-29)19-38-32(27-7-12-42(57-2)52-22-27)17-36(31)46-47(37)49(39)50(40)48(38)46/h6-25H,1-5H3. The van der Waals surface area contributed by atoms with Crippen LogP contribution in [0.15, 0.2) is 122 Å². The summed E-state index contributed by atoms with van der Waals surface area (Å²) in [5, 5.41) is 11.4. The fourth-order valence-electron chi connectivity index (χ4n) is 9.00. The molecule has 5 heterocycles. The molecule has 10 nitrogen and oxygen atoms in total. The van der Waals surface area contributed by atoms with Gasteiger partial charge in [0, 0.05) is 89.1 Å². The molecule has 0 fully saturated rings. The van der Waals surface area contributed by atoms with E-state index in [0.717, 1.165) is 82.6 Å². The van der Waals surface area contributed by atoms with E-state index in [1.54, 1.807) is 35.5 Å². The minimum atomic E-state index is 0.547. The largest absolute Gasteiger partial charge is 0.481 e. The van der Waals surface area contributed by atoms with E-state index in [-0.39, 0.29) is 0 Å². The summed E-state index contributed by atoms with van der Waals surface area (Å²) < 4.78 is 27.5. The number of hydrogen-bond acceptors (Lipinski definition) is 10. The fraction of sp³-hybridized carbons (Fsp3) is 0.100. The number of nitrogens with zero attached hydrogens (tertiary/aromatic N) is 5. The van der Waals surface area contributed by atoms with E-state index in [4.69, 9.17) is 23.7 Å². The van der Waals surface area contributed by atoms with Gasteiger partial charge in [-0.05, 0) is 142 Å². The molecule has 0 unspecified atom stereocenters. The summed E-state index contributed by atoms with van der Waals surface area (Å²) in [7, 11) is 8.16. The van der Waals surface area contributed by atoms with Crippen molar-refractivity contribution in [3.63, 3.8) is 0 Å². The number of ether oxygens (including phenoxy) is 5. The third kappa shape index (κ3) is 5.23. The lowest BCUT2D eigenvalue weighted by Crippen LogP contribution is -1.93. The van der Waals surface area contributed by atoms with Gasteiger partial charge in [-0.1, -0.05) is 0 Å². The van der Waals surface area contributed by atoms with E-state index in [1.807, 2.05) is 61.3 Å². The first-order valence-corrected chi connectivity index (χ1v) is 19.4. The van der Waals surface area contributed by atoms with Crippen molar-refractivity contribution < 1.29 is 23.7 Å². The first-order valence-electron chi connectivity index (χ1n) is 19.4. The molecule has 0 atom stereocenters. The summed E-state index contributed by atoms with van der Waals surface area (Å²) >= 11 is 0. The van der Waals surface area contributed by atoms with Gasteiger partial charge in [-0.2, -0.15) is 0 Å². The van der Waals surface area contributed by atoms with E-state index < -0.39 is 0 Å². The summed E-state index contributed by atoms with van der Waals surface area (Å²) in [6.07, 6.45) is 9.45. The Kier molecular flexibility index (Phi) is 8.02. The highest BCUT2D eigenvalue weighted by Gasteiger charge is 2.29. The topological polar surface area (TPSA) is 111 Å². The summed E-state index contributed by atoms with van der Waals surface area (Å²) in [6, 6.07) is 31.5. The van der Waals surface area contributed by atoms with Gasteiger partial charge >= 0.3 is 0 Å². The second kappa shape index (κ2) is 13.6. The quantitative estimate of drug-likeness (QED) is 0.124. The van der Waals surface area contributed by atoms with Gasteiger partial charge in [0.2, 0.25) is 29.4 Å². The van der Waals surface area contributed by atoms with Crippen LogP contribution in [0.5, 0.6) is 29.4 Å². The first kappa shape index (κ1) is 35.3. The van der Waals surface area contributed by atoms with Crippen LogP contribution >= 0.6 is 0 Å². The Hall–Kier alpha value is -7.85. The molecule has 0 aliphatic rings. The minimum Gasteiger partial charge on any atom is -0.481 e. The normalized spacial score (nSPS) is 11.8. The molecule has 60 heavy (non-hydrogen) atoms. The third-order valence-corrected chi connectivity index (χ3v) is 11.8. The molecule has 11 aromatic rings. The molecule has 11 rings (SSSR count). The van der Waals surface area contributed by atoms with E-state index in [9.17, 15) is 0 Å². The maximum atomic E-state index is 5.50. The SMILES string of the molecule is COc1ccc(-c2cc3c(-c4ccc(OC)nc4)cc4c(-c5ccc(OC)nc5)cc5c(-c6ccc(OC)nc6)cc6c(-c7ccc(OC)nc7)cc2c2c6c5c4c32)cn1. The van der Waals surface area contributed by atoms with Crippen molar-refractivity contribution in [3.8, 4) is 85.0 Å². The van der Waals surface area contributed by atoms with Crippen molar-refractivity contribution in [2.45, 2.75) is 0 Å². The van der Waals surface area contributed by atoms with E-state index in [0.29, 0.717) is 29.4 Å². The first-order chi connectivity index (χ1) is 29.5. The molecule has 0 aliphatic heterocycles. The minimum absolute atomic E-state index is 0.547. The van der Waals surface area contributed by atoms with Crippen molar-refractivity contribution in [1.29, 1.82) is 0 Å².